The van der Waals surface area contributed by atoms with Gasteiger partial charge in [0, 0.05) is 21.2 Å². The molecule has 0 aliphatic carbocycles. The Kier molecular flexibility index (Phi) is 6.20. The van der Waals surface area contributed by atoms with Crippen LogP contribution in [0.5, 0.6) is 0 Å². The molecule has 2 unspecified atom stereocenters. The Morgan fingerprint density at radius 3 is 1.96 bits per heavy atom. The summed E-state index contributed by atoms with van der Waals surface area (Å²) in [6, 6.07) is 14.2. The van der Waals surface area contributed by atoms with Gasteiger partial charge in [-0.1, -0.05) is 59.6 Å². The molecule has 0 amide bonds. The molecule has 0 radical (unpaired) electrons. The summed E-state index contributed by atoms with van der Waals surface area (Å²) in [5.74, 6) is 0. The molecule has 0 saturated carbocycles. The molecule has 2 aliphatic heterocycles. The van der Waals surface area contributed by atoms with Crippen LogP contribution in [0.25, 0.3) is 0 Å². The summed E-state index contributed by atoms with van der Waals surface area (Å²) in [6.07, 6.45) is -5.52. The van der Waals surface area contributed by atoms with Crippen LogP contribution in [0.2, 0.25) is 10.0 Å². The lowest BCUT2D eigenvalue weighted by Crippen LogP contribution is -2.54. The molecule has 2 N–H and O–H groups in total. The molecule has 2 saturated heterocycles. The number of halogens is 2. The zero-order valence-corrected chi connectivity index (χ0v) is 16.3. The van der Waals surface area contributed by atoms with E-state index in [4.69, 9.17) is 42.1 Å². The van der Waals surface area contributed by atoms with Gasteiger partial charge < -0.3 is 29.2 Å². The monoisotopic (exact) mass is 426 g/mol. The Balaban J connectivity index is 1.60. The second-order valence-electron chi connectivity index (χ2n) is 6.71. The molecule has 2 fully saturated rings. The van der Waals surface area contributed by atoms with E-state index >= 15 is 0 Å². The first-order chi connectivity index (χ1) is 13.5. The third-order valence-corrected chi connectivity index (χ3v) is 5.51. The van der Waals surface area contributed by atoms with E-state index in [1.165, 1.54) is 0 Å². The lowest BCUT2D eigenvalue weighted by Gasteiger charge is -2.40. The third kappa shape index (κ3) is 4.06. The van der Waals surface area contributed by atoms with Crippen LogP contribution in [-0.2, 0) is 18.9 Å². The fraction of sp³-hybridized carbons (Fsp3) is 0.400. The van der Waals surface area contributed by atoms with E-state index in [0.717, 1.165) is 0 Å². The molecule has 28 heavy (non-hydrogen) atoms. The average molecular weight is 427 g/mol. The predicted molar refractivity (Wildman–Crippen MR) is 102 cm³/mol. The van der Waals surface area contributed by atoms with Gasteiger partial charge in [-0.25, -0.2) is 0 Å². The lowest BCUT2D eigenvalue weighted by molar-refractivity contribution is -0.308. The van der Waals surface area contributed by atoms with Crippen LogP contribution >= 0.6 is 23.2 Å². The number of benzene rings is 2. The first kappa shape index (κ1) is 20.1. The largest absolute Gasteiger partial charge is 0.388 e. The highest BCUT2D eigenvalue weighted by molar-refractivity contribution is 6.31. The minimum absolute atomic E-state index is 0.0184. The van der Waals surface area contributed by atoms with Crippen molar-refractivity contribution < 1.29 is 29.2 Å². The van der Waals surface area contributed by atoms with Gasteiger partial charge >= 0.3 is 0 Å². The first-order valence-corrected chi connectivity index (χ1v) is 9.69. The maximum atomic E-state index is 10.6. The van der Waals surface area contributed by atoms with Gasteiger partial charge in [0.05, 0.1) is 13.2 Å². The van der Waals surface area contributed by atoms with Gasteiger partial charge in [0.25, 0.3) is 0 Å². The Hall–Kier alpha value is -1.22. The van der Waals surface area contributed by atoms with E-state index in [1.807, 2.05) is 12.1 Å². The van der Waals surface area contributed by atoms with Gasteiger partial charge in [-0.15, -0.1) is 0 Å². The topological polar surface area (TPSA) is 77.4 Å². The quantitative estimate of drug-likeness (QED) is 0.767. The molecule has 6 nitrogen and oxygen atoms in total. The standard InChI is InChI=1S/C20H20Cl2O6/c21-13-7-3-1-5-11(13)19-25-9-15(23)18-17(24)16(10-26-19)27-20(28-18)12-6-2-4-8-14(12)22/h1-8,15-20,23-24H,9-10H2/t15-,16+,17+,18+,19?,20?/m0/s1. The summed E-state index contributed by atoms with van der Waals surface area (Å²) in [5.41, 5.74) is 1.24. The highest BCUT2D eigenvalue weighted by Gasteiger charge is 2.44. The molecular weight excluding hydrogens is 407 g/mol. The van der Waals surface area contributed by atoms with Gasteiger partial charge in [-0.05, 0) is 12.1 Å². The molecule has 2 aromatic rings. The van der Waals surface area contributed by atoms with E-state index < -0.39 is 37.0 Å². The molecule has 2 bridgehead atoms. The van der Waals surface area contributed by atoms with Crippen LogP contribution in [0.15, 0.2) is 48.5 Å². The first-order valence-electron chi connectivity index (χ1n) is 8.93. The van der Waals surface area contributed by atoms with E-state index in [2.05, 4.69) is 0 Å². The zero-order chi connectivity index (χ0) is 19.7. The fourth-order valence-electron chi connectivity index (χ4n) is 3.33. The molecule has 2 aliphatic rings. The molecule has 8 heteroatoms. The summed E-state index contributed by atoms with van der Waals surface area (Å²) in [7, 11) is 0. The minimum Gasteiger partial charge on any atom is -0.388 e. The highest BCUT2D eigenvalue weighted by atomic mass is 35.5. The number of ether oxygens (including phenoxy) is 4. The lowest BCUT2D eigenvalue weighted by atomic mass is 10.0. The summed E-state index contributed by atoms with van der Waals surface area (Å²) >= 11 is 12.5. The van der Waals surface area contributed by atoms with Crippen molar-refractivity contribution in [2.24, 2.45) is 0 Å². The SMILES string of the molecule is O[C@H]1[C@@H]2OC(c3ccccc3Cl)O[C@@H]1COC(c1ccccc1Cl)OC[C@@H]2O. The Bertz CT molecular complexity index is 819. The van der Waals surface area contributed by atoms with Crippen molar-refractivity contribution in [3.05, 3.63) is 69.7 Å². The smallest absolute Gasteiger partial charge is 0.186 e. The van der Waals surface area contributed by atoms with Crippen molar-refractivity contribution in [3.8, 4) is 0 Å². The van der Waals surface area contributed by atoms with Crippen LogP contribution in [0.3, 0.4) is 0 Å². The van der Waals surface area contributed by atoms with Crippen molar-refractivity contribution in [1.82, 2.24) is 0 Å². The Morgan fingerprint density at radius 2 is 1.32 bits per heavy atom. The predicted octanol–water partition coefficient (Wildman–Crippen LogP) is 3.24. The number of aliphatic hydroxyl groups is 2. The molecule has 2 aromatic carbocycles. The van der Waals surface area contributed by atoms with Crippen LogP contribution in [0.4, 0.5) is 0 Å². The van der Waals surface area contributed by atoms with Crippen LogP contribution in [0, 0.1) is 0 Å². The Labute approximate surface area is 172 Å². The molecule has 150 valence electrons. The summed E-state index contributed by atoms with van der Waals surface area (Å²) in [5, 5.41) is 22.2. The maximum Gasteiger partial charge on any atom is 0.186 e. The van der Waals surface area contributed by atoms with Gasteiger partial charge in [-0.3, -0.25) is 0 Å². The minimum atomic E-state index is -1.10. The normalized spacial score (nSPS) is 33.6. The number of aliphatic hydroxyl groups excluding tert-OH is 2. The second kappa shape index (κ2) is 8.65. The van der Waals surface area contributed by atoms with E-state index in [0.29, 0.717) is 21.2 Å². The number of fused-ring (bicyclic) bond motifs is 2. The fourth-order valence-corrected chi connectivity index (χ4v) is 3.78. The van der Waals surface area contributed by atoms with Gasteiger partial charge in [-0.2, -0.15) is 0 Å². The second-order valence-corrected chi connectivity index (χ2v) is 7.52. The summed E-state index contributed by atoms with van der Waals surface area (Å²) in [6.45, 7) is -0.0931. The molecule has 2 heterocycles. The molecule has 0 spiro atoms. The van der Waals surface area contributed by atoms with Crippen molar-refractivity contribution in [2.75, 3.05) is 13.2 Å². The van der Waals surface area contributed by atoms with Crippen molar-refractivity contribution in [2.45, 2.75) is 37.0 Å². The van der Waals surface area contributed by atoms with Crippen LogP contribution in [-0.4, -0.2) is 47.8 Å². The Morgan fingerprint density at radius 1 is 0.750 bits per heavy atom. The number of hydrogen-bond donors (Lipinski definition) is 2. The van der Waals surface area contributed by atoms with Crippen LogP contribution < -0.4 is 0 Å². The average Bonchev–Trinajstić information content (AvgIpc) is 2.72. The van der Waals surface area contributed by atoms with Crippen molar-refractivity contribution >= 4 is 23.2 Å². The van der Waals surface area contributed by atoms with E-state index in [-0.39, 0.29) is 13.2 Å². The summed E-state index contributed by atoms with van der Waals surface area (Å²) < 4.78 is 23.3. The van der Waals surface area contributed by atoms with Crippen molar-refractivity contribution in [1.29, 1.82) is 0 Å². The van der Waals surface area contributed by atoms with Crippen LogP contribution in [0.1, 0.15) is 23.7 Å². The molecule has 6 atom stereocenters. The van der Waals surface area contributed by atoms with Gasteiger partial charge in [0.15, 0.2) is 12.6 Å². The number of hydrogen-bond acceptors (Lipinski definition) is 6. The molecule has 4 rings (SSSR count). The molecular formula is C20H20Cl2O6. The summed E-state index contributed by atoms with van der Waals surface area (Å²) in [4.78, 5) is 0. The molecule has 0 aromatic heterocycles. The van der Waals surface area contributed by atoms with Gasteiger partial charge in [0.1, 0.15) is 24.4 Å². The maximum absolute atomic E-state index is 10.6. The van der Waals surface area contributed by atoms with E-state index in [1.54, 1.807) is 36.4 Å². The number of rotatable bonds is 2. The zero-order valence-electron chi connectivity index (χ0n) is 14.8. The van der Waals surface area contributed by atoms with Crippen molar-refractivity contribution in [3.63, 3.8) is 0 Å². The highest BCUT2D eigenvalue weighted by Crippen LogP contribution is 2.37. The third-order valence-electron chi connectivity index (χ3n) is 4.82. The van der Waals surface area contributed by atoms with Gasteiger partial charge in [0.2, 0.25) is 0 Å². The van der Waals surface area contributed by atoms with E-state index in [9.17, 15) is 10.2 Å².